The molecule has 0 radical (unpaired) electrons. The average molecular weight is 299 g/mol. The Morgan fingerprint density at radius 2 is 1.71 bits per heavy atom. The molecular weight excluding hydrogens is 284 g/mol. The number of allylic oxidation sites excluding steroid dienone is 1. The van der Waals surface area contributed by atoms with Crippen molar-refractivity contribution in [2.24, 2.45) is 5.73 Å². The fourth-order valence-electron chi connectivity index (χ4n) is 1.86. The maximum Gasteiger partial charge on any atom is 0.195 e. The van der Waals surface area contributed by atoms with Crippen molar-refractivity contribution in [1.82, 2.24) is 0 Å². The van der Waals surface area contributed by atoms with Crippen LogP contribution in [0.4, 0.5) is 5.69 Å². The predicted octanol–water partition coefficient (Wildman–Crippen LogP) is 3.88. The van der Waals surface area contributed by atoms with Gasteiger partial charge in [-0.05, 0) is 12.1 Å². The van der Waals surface area contributed by atoms with Crippen LogP contribution in [-0.4, -0.2) is 5.78 Å². The Labute approximate surface area is 128 Å². The number of halogens is 1. The fourth-order valence-corrected chi connectivity index (χ4v) is 1.91. The summed E-state index contributed by atoms with van der Waals surface area (Å²) in [5.74, 6) is -0.0700. The molecule has 0 aliphatic heterocycles. The lowest BCUT2D eigenvalue weighted by Gasteiger charge is -2.12. The summed E-state index contributed by atoms with van der Waals surface area (Å²) >= 11 is 5.90. The molecule has 0 atom stereocenters. The van der Waals surface area contributed by atoms with E-state index in [0.717, 1.165) is 0 Å². The molecule has 106 valence electrons. The molecule has 0 spiro atoms. The number of rotatable bonds is 5. The molecule has 0 saturated heterocycles. The number of benzene rings is 2. The lowest BCUT2D eigenvalue weighted by atomic mass is 10.0. The molecule has 0 aromatic heterocycles. The van der Waals surface area contributed by atoms with E-state index in [-0.39, 0.29) is 5.78 Å². The molecule has 2 aromatic rings. The third-order valence-electron chi connectivity index (χ3n) is 2.93. The molecule has 4 heteroatoms. The number of para-hydroxylation sites is 1. The van der Waals surface area contributed by atoms with E-state index in [1.807, 2.05) is 30.3 Å². The lowest BCUT2D eigenvalue weighted by Crippen LogP contribution is -2.08. The average Bonchev–Trinajstić information content (AvgIpc) is 2.54. The summed E-state index contributed by atoms with van der Waals surface area (Å²) in [6.07, 6.45) is 1.25. The summed E-state index contributed by atoms with van der Waals surface area (Å²) in [4.78, 5) is 12.5. The number of hydrogen-bond acceptors (Lipinski definition) is 3. The van der Waals surface area contributed by atoms with Crippen LogP contribution >= 0.6 is 11.6 Å². The minimum atomic E-state index is -0.0700. The standard InChI is InChI=1S/C17H15ClN2O/c1-12(15(18)11-19)20-16-10-6-5-9-14(16)17(21)13-7-3-2-4-8-13/h2-11,20H,1,19H2/b15-11+. The van der Waals surface area contributed by atoms with Gasteiger partial charge in [-0.2, -0.15) is 0 Å². The van der Waals surface area contributed by atoms with Gasteiger partial charge in [-0.25, -0.2) is 0 Å². The van der Waals surface area contributed by atoms with Gasteiger partial charge in [-0.15, -0.1) is 0 Å². The SMILES string of the molecule is C=C(Nc1ccccc1C(=O)c1ccccc1)/C(Cl)=C\N. The maximum absolute atomic E-state index is 12.5. The van der Waals surface area contributed by atoms with Gasteiger partial charge in [-0.1, -0.05) is 60.6 Å². The van der Waals surface area contributed by atoms with Crippen molar-refractivity contribution in [1.29, 1.82) is 0 Å². The minimum Gasteiger partial charge on any atom is -0.403 e. The smallest absolute Gasteiger partial charge is 0.195 e. The summed E-state index contributed by atoms with van der Waals surface area (Å²) < 4.78 is 0. The van der Waals surface area contributed by atoms with Crippen LogP contribution in [-0.2, 0) is 0 Å². The van der Waals surface area contributed by atoms with Crippen molar-refractivity contribution in [2.45, 2.75) is 0 Å². The van der Waals surface area contributed by atoms with Crippen molar-refractivity contribution in [3.8, 4) is 0 Å². The minimum absolute atomic E-state index is 0.0700. The Hall–Kier alpha value is -2.52. The molecule has 0 aliphatic carbocycles. The van der Waals surface area contributed by atoms with Crippen molar-refractivity contribution in [3.63, 3.8) is 0 Å². The zero-order valence-electron chi connectivity index (χ0n) is 11.3. The van der Waals surface area contributed by atoms with Gasteiger partial charge < -0.3 is 11.1 Å². The van der Waals surface area contributed by atoms with Crippen LogP contribution in [0.3, 0.4) is 0 Å². The molecule has 0 unspecified atom stereocenters. The number of anilines is 1. The molecule has 0 amide bonds. The number of carbonyl (C=O) groups excluding carboxylic acids is 1. The summed E-state index contributed by atoms with van der Waals surface area (Å²) in [5.41, 5.74) is 7.60. The Morgan fingerprint density at radius 1 is 1.10 bits per heavy atom. The number of ketones is 1. The Balaban J connectivity index is 2.34. The Kier molecular flexibility index (Phi) is 4.80. The molecule has 3 nitrogen and oxygen atoms in total. The Bertz CT molecular complexity index is 693. The first-order valence-corrected chi connectivity index (χ1v) is 6.73. The van der Waals surface area contributed by atoms with Gasteiger partial charge in [0, 0.05) is 23.0 Å². The van der Waals surface area contributed by atoms with Gasteiger partial charge >= 0.3 is 0 Å². The fraction of sp³-hybridized carbons (Fsp3) is 0. The third kappa shape index (κ3) is 3.52. The second-order valence-electron chi connectivity index (χ2n) is 4.36. The van der Waals surface area contributed by atoms with E-state index in [9.17, 15) is 4.79 Å². The van der Waals surface area contributed by atoms with E-state index in [1.54, 1.807) is 24.3 Å². The first-order chi connectivity index (χ1) is 10.1. The van der Waals surface area contributed by atoms with E-state index >= 15 is 0 Å². The van der Waals surface area contributed by atoms with E-state index in [1.165, 1.54) is 6.20 Å². The Morgan fingerprint density at radius 3 is 2.38 bits per heavy atom. The lowest BCUT2D eigenvalue weighted by molar-refractivity contribution is 0.103. The predicted molar refractivity (Wildman–Crippen MR) is 87.2 cm³/mol. The second-order valence-corrected chi connectivity index (χ2v) is 4.77. The molecule has 0 aliphatic rings. The van der Waals surface area contributed by atoms with Crippen LogP contribution in [0, 0.1) is 0 Å². The summed E-state index contributed by atoms with van der Waals surface area (Å²) in [6, 6.07) is 16.3. The maximum atomic E-state index is 12.5. The zero-order chi connectivity index (χ0) is 15.2. The molecule has 0 saturated carbocycles. The highest BCUT2D eigenvalue weighted by molar-refractivity contribution is 6.32. The number of carbonyl (C=O) groups is 1. The zero-order valence-corrected chi connectivity index (χ0v) is 12.1. The number of hydrogen-bond donors (Lipinski definition) is 2. The normalized spacial score (nSPS) is 11.0. The van der Waals surface area contributed by atoms with Gasteiger partial charge in [0.1, 0.15) is 0 Å². The second kappa shape index (κ2) is 6.77. The van der Waals surface area contributed by atoms with Crippen molar-refractivity contribution >= 4 is 23.1 Å². The summed E-state index contributed by atoms with van der Waals surface area (Å²) in [6.45, 7) is 3.79. The molecule has 2 rings (SSSR count). The molecule has 0 fully saturated rings. The molecular formula is C17H15ClN2O. The first-order valence-electron chi connectivity index (χ1n) is 6.36. The monoisotopic (exact) mass is 298 g/mol. The third-order valence-corrected chi connectivity index (χ3v) is 3.28. The number of nitrogens with two attached hydrogens (primary N) is 1. The van der Waals surface area contributed by atoms with Gasteiger partial charge in [0.05, 0.1) is 10.7 Å². The topological polar surface area (TPSA) is 55.1 Å². The van der Waals surface area contributed by atoms with E-state index in [0.29, 0.717) is 27.5 Å². The van der Waals surface area contributed by atoms with Gasteiger partial charge in [-0.3, -0.25) is 4.79 Å². The van der Waals surface area contributed by atoms with Crippen molar-refractivity contribution in [3.05, 3.63) is 89.2 Å². The largest absolute Gasteiger partial charge is 0.403 e. The molecule has 21 heavy (non-hydrogen) atoms. The summed E-state index contributed by atoms with van der Waals surface area (Å²) in [5, 5.41) is 3.32. The van der Waals surface area contributed by atoms with Gasteiger partial charge in [0.25, 0.3) is 0 Å². The molecule has 2 aromatic carbocycles. The highest BCUT2D eigenvalue weighted by Crippen LogP contribution is 2.23. The number of nitrogens with one attached hydrogen (secondary N) is 1. The van der Waals surface area contributed by atoms with Crippen molar-refractivity contribution in [2.75, 3.05) is 5.32 Å². The van der Waals surface area contributed by atoms with Crippen LogP contribution in [0.5, 0.6) is 0 Å². The molecule has 0 heterocycles. The molecule has 0 bridgehead atoms. The van der Waals surface area contributed by atoms with Gasteiger partial charge in [0.2, 0.25) is 0 Å². The summed E-state index contributed by atoms with van der Waals surface area (Å²) in [7, 11) is 0. The highest BCUT2D eigenvalue weighted by atomic mass is 35.5. The van der Waals surface area contributed by atoms with Crippen LogP contribution in [0.2, 0.25) is 0 Å². The van der Waals surface area contributed by atoms with Crippen molar-refractivity contribution < 1.29 is 4.79 Å². The van der Waals surface area contributed by atoms with Crippen LogP contribution in [0.1, 0.15) is 15.9 Å². The van der Waals surface area contributed by atoms with Crippen LogP contribution in [0.15, 0.2) is 78.1 Å². The van der Waals surface area contributed by atoms with E-state index < -0.39 is 0 Å². The van der Waals surface area contributed by atoms with E-state index in [4.69, 9.17) is 17.3 Å². The van der Waals surface area contributed by atoms with Crippen LogP contribution in [0.25, 0.3) is 0 Å². The molecule has 3 N–H and O–H groups in total. The van der Waals surface area contributed by atoms with Gasteiger partial charge in [0.15, 0.2) is 5.78 Å². The first kappa shape index (κ1) is 14.9. The quantitative estimate of drug-likeness (QED) is 0.650. The van der Waals surface area contributed by atoms with E-state index in [2.05, 4.69) is 11.9 Å². The van der Waals surface area contributed by atoms with Crippen LogP contribution < -0.4 is 11.1 Å². The highest BCUT2D eigenvalue weighted by Gasteiger charge is 2.13.